The van der Waals surface area contributed by atoms with E-state index in [0.717, 1.165) is 28.9 Å². The number of aryl methyl sites for hydroxylation is 1. The van der Waals surface area contributed by atoms with Gasteiger partial charge in [0, 0.05) is 18.6 Å². The number of guanidine groups is 1. The predicted octanol–water partition coefficient (Wildman–Crippen LogP) is 2.34. The van der Waals surface area contributed by atoms with Crippen molar-refractivity contribution in [1.82, 2.24) is 25.4 Å². The molecule has 0 spiro atoms. The molecule has 0 amide bonds. The molecule has 120 valence electrons. The highest BCUT2D eigenvalue weighted by Gasteiger charge is 2.03. The van der Waals surface area contributed by atoms with Gasteiger partial charge < -0.3 is 10.6 Å². The fourth-order valence-electron chi connectivity index (χ4n) is 1.78. The standard InChI is InChI=1S/C14H19ClN6.HI/c1-3-16-14(18-9-13-19-10-20-21(13)2)17-8-11-6-4-5-7-12(11)15;/h4-7,10H,3,8-9H2,1-2H3,(H2,16,17,18);1H. The predicted molar refractivity (Wildman–Crippen MR) is 99.5 cm³/mol. The third-order valence-corrected chi connectivity index (χ3v) is 3.30. The SMILES string of the molecule is CCNC(=NCc1ccccc1Cl)NCc1ncnn1C.I. The summed E-state index contributed by atoms with van der Waals surface area (Å²) in [7, 11) is 1.86. The zero-order valence-corrected chi connectivity index (χ0v) is 15.7. The van der Waals surface area contributed by atoms with Crippen LogP contribution in [0.1, 0.15) is 18.3 Å². The largest absolute Gasteiger partial charge is 0.357 e. The Morgan fingerprint density at radius 3 is 2.73 bits per heavy atom. The van der Waals surface area contributed by atoms with Crippen molar-refractivity contribution in [2.45, 2.75) is 20.0 Å². The van der Waals surface area contributed by atoms with Gasteiger partial charge >= 0.3 is 0 Å². The molecule has 2 rings (SSSR count). The summed E-state index contributed by atoms with van der Waals surface area (Å²) in [5.41, 5.74) is 0.995. The lowest BCUT2D eigenvalue weighted by molar-refractivity contribution is 0.673. The molecule has 0 bridgehead atoms. The molecule has 0 aliphatic carbocycles. The zero-order chi connectivity index (χ0) is 15.1. The minimum absolute atomic E-state index is 0. The number of aromatic nitrogens is 3. The van der Waals surface area contributed by atoms with Crippen molar-refractivity contribution in [3.63, 3.8) is 0 Å². The second-order valence-corrected chi connectivity index (χ2v) is 4.85. The molecule has 2 N–H and O–H groups in total. The topological polar surface area (TPSA) is 67.1 Å². The summed E-state index contributed by atoms with van der Waals surface area (Å²) in [5.74, 6) is 1.57. The summed E-state index contributed by atoms with van der Waals surface area (Å²) in [6.45, 7) is 3.89. The number of hydrogen-bond donors (Lipinski definition) is 2. The number of hydrogen-bond acceptors (Lipinski definition) is 3. The lowest BCUT2D eigenvalue weighted by Crippen LogP contribution is -2.37. The fourth-order valence-corrected chi connectivity index (χ4v) is 1.97. The molecule has 6 nitrogen and oxygen atoms in total. The highest BCUT2D eigenvalue weighted by atomic mass is 127. The van der Waals surface area contributed by atoms with Crippen LogP contribution < -0.4 is 10.6 Å². The molecule has 1 heterocycles. The molecule has 2 aromatic rings. The van der Waals surface area contributed by atoms with Gasteiger partial charge in [-0.1, -0.05) is 29.8 Å². The molecule has 8 heteroatoms. The van der Waals surface area contributed by atoms with Gasteiger partial charge in [-0.2, -0.15) is 5.10 Å². The normalized spacial score (nSPS) is 11.0. The number of nitrogens with zero attached hydrogens (tertiary/aromatic N) is 4. The minimum Gasteiger partial charge on any atom is -0.357 e. The number of nitrogens with one attached hydrogen (secondary N) is 2. The first-order chi connectivity index (χ1) is 10.2. The van der Waals surface area contributed by atoms with Crippen LogP contribution in [0, 0.1) is 0 Å². The van der Waals surface area contributed by atoms with E-state index in [0.29, 0.717) is 13.1 Å². The average molecular weight is 435 g/mol. The van der Waals surface area contributed by atoms with Crippen molar-refractivity contribution in [2.24, 2.45) is 12.0 Å². The van der Waals surface area contributed by atoms with Gasteiger partial charge in [0.05, 0.1) is 13.1 Å². The van der Waals surface area contributed by atoms with Gasteiger partial charge in [-0.25, -0.2) is 9.98 Å². The van der Waals surface area contributed by atoms with Crippen molar-refractivity contribution in [3.05, 3.63) is 47.0 Å². The first kappa shape index (κ1) is 18.7. The first-order valence-electron chi connectivity index (χ1n) is 6.79. The molecule has 0 saturated heterocycles. The van der Waals surface area contributed by atoms with E-state index >= 15 is 0 Å². The first-order valence-corrected chi connectivity index (χ1v) is 7.17. The molecule has 0 aliphatic rings. The van der Waals surface area contributed by atoms with Crippen LogP contribution in [-0.2, 0) is 20.1 Å². The Balaban J connectivity index is 0.00000242. The summed E-state index contributed by atoms with van der Waals surface area (Å²) in [5, 5.41) is 11.2. The van der Waals surface area contributed by atoms with E-state index in [-0.39, 0.29) is 24.0 Å². The number of benzene rings is 1. The van der Waals surface area contributed by atoms with Gasteiger partial charge in [-0.05, 0) is 18.6 Å². The van der Waals surface area contributed by atoms with Crippen LogP contribution in [-0.4, -0.2) is 27.3 Å². The average Bonchev–Trinajstić information content (AvgIpc) is 2.89. The second-order valence-electron chi connectivity index (χ2n) is 4.44. The lowest BCUT2D eigenvalue weighted by atomic mass is 10.2. The fraction of sp³-hybridized carbons (Fsp3) is 0.357. The van der Waals surface area contributed by atoms with Crippen LogP contribution in [0.4, 0.5) is 0 Å². The molecular weight excluding hydrogens is 415 g/mol. The van der Waals surface area contributed by atoms with Crippen molar-refractivity contribution >= 4 is 41.5 Å². The maximum Gasteiger partial charge on any atom is 0.191 e. The summed E-state index contributed by atoms with van der Waals surface area (Å²) < 4.78 is 1.73. The van der Waals surface area contributed by atoms with Crippen LogP contribution in [0.25, 0.3) is 0 Å². The van der Waals surface area contributed by atoms with Gasteiger partial charge in [-0.3, -0.25) is 4.68 Å². The molecule has 0 aliphatic heterocycles. The maximum atomic E-state index is 6.13. The van der Waals surface area contributed by atoms with Crippen LogP contribution >= 0.6 is 35.6 Å². The molecule has 1 aromatic carbocycles. The lowest BCUT2D eigenvalue weighted by Gasteiger charge is -2.11. The smallest absolute Gasteiger partial charge is 0.191 e. The van der Waals surface area contributed by atoms with E-state index in [1.807, 2.05) is 38.2 Å². The molecule has 0 fully saturated rings. The molecule has 0 unspecified atom stereocenters. The molecule has 0 radical (unpaired) electrons. The summed E-state index contributed by atoms with van der Waals surface area (Å²) in [6.07, 6.45) is 1.53. The zero-order valence-electron chi connectivity index (χ0n) is 12.6. The van der Waals surface area contributed by atoms with Gasteiger partial charge in [0.2, 0.25) is 0 Å². The van der Waals surface area contributed by atoms with Crippen LogP contribution in [0.15, 0.2) is 35.6 Å². The Morgan fingerprint density at radius 2 is 2.09 bits per heavy atom. The highest BCUT2D eigenvalue weighted by molar-refractivity contribution is 14.0. The third kappa shape index (κ3) is 5.45. The Morgan fingerprint density at radius 1 is 1.32 bits per heavy atom. The van der Waals surface area contributed by atoms with Crippen molar-refractivity contribution in [3.8, 4) is 0 Å². The van der Waals surface area contributed by atoms with E-state index in [1.165, 1.54) is 6.33 Å². The number of aliphatic imine (C=N–C) groups is 1. The van der Waals surface area contributed by atoms with Crippen molar-refractivity contribution in [1.29, 1.82) is 0 Å². The Hall–Kier alpha value is -1.35. The highest BCUT2D eigenvalue weighted by Crippen LogP contribution is 2.15. The molecule has 0 atom stereocenters. The van der Waals surface area contributed by atoms with Crippen LogP contribution in [0.3, 0.4) is 0 Å². The van der Waals surface area contributed by atoms with Gasteiger partial charge in [-0.15, -0.1) is 24.0 Å². The van der Waals surface area contributed by atoms with Gasteiger partial charge in [0.25, 0.3) is 0 Å². The number of halogens is 2. The van der Waals surface area contributed by atoms with Crippen molar-refractivity contribution < 1.29 is 0 Å². The van der Waals surface area contributed by atoms with Gasteiger partial charge in [0.1, 0.15) is 12.2 Å². The third-order valence-electron chi connectivity index (χ3n) is 2.93. The van der Waals surface area contributed by atoms with Gasteiger partial charge in [0.15, 0.2) is 5.96 Å². The van der Waals surface area contributed by atoms with Crippen LogP contribution in [0.5, 0.6) is 0 Å². The Labute approximate surface area is 152 Å². The molecule has 0 saturated carbocycles. The summed E-state index contributed by atoms with van der Waals surface area (Å²) in [4.78, 5) is 8.69. The maximum absolute atomic E-state index is 6.13. The summed E-state index contributed by atoms with van der Waals surface area (Å²) in [6, 6.07) is 7.70. The summed E-state index contributed by atoms with van der Waals surface area (Å²) >= 11 is 6.13. The molecule has 22 heavy (non-hydrogen) atoms. The van der Waals surface area contributed by atoms with Crippen molar-refractivity contribution in [2.75, 3.05) is 6.54 Å². The Kier molecular flexibility index (Phi) is 8.18. The van der Waals surface area contributed by atoms with E-state index in [2.05, 4.69) is 25.7 Å². The van der Waals surface area contributed by atoms with E-state index in [9.17, 15) is 0 Å². The molecular formula is C14H20ClIN6. The monoisotopic (exact) mass is 434 g/mol. The Bertz CT molecular complexity index is 613. The number of rotatable bonds is 5. The van der Waals surface area contributed by atoms with E-state index in [1.54, 1.807) is 4.68 Å². The van der Waals surface area contributed by atoms with Crippen LogP contribution in [0.2, 0.25) is 5.02 Å². The van der Waals surface area contributed by atoms with E-state index < -0.39 is 0 Å². The second kappa shape index (κ2) is 9.62. The molecule has 1 aromatic heterocycles. The quantitative estimate of drug-likeness (QED) is 0.431. The minimum atomic E-state index is 0. The van der Waals surface area contributed by atoms with E-state index in [4.69, 9.17) is 11.6 Å².